The minimum absolute atomic E-state index is 0.388. The first-order chi connectivity index (χ1) is 7.04. The van der Waals surface area contributed by atoms with E-state index in [1.807, 2.05) is 0 Å². The zero-order chi connectivity index (χ0) is 11.4. The van der Waals surface area contributed by atoms with Crippen molar-refractivity contribution in [3.63, 3.8) is 0 Å². The molecule has 0 spiro atoms. The van der Waals surface area contributed by atoms with Gasteiger partial charge in [-0.1, -0.05) is 0 Å². The Morgan fingerprint density at radius 1 is 1.47 bits per heavy atom. The van der Waals surface area contributed by atoms with Gasteiger partial charge in [0.1, 0.15) is 0 Å². The summed E-state index contributed by atoms with van der Waals surface area (Å²) in [5.41, 5.74) is 5.84. The number of primary amides is 1. The molecule has 1 aromatic carbocycles. The lowest BCUT2D eigenvalue weighted by atomic mass is 10.2. The summed E-state index contributed by atoms with van der Waals surface area (Å²) in [5, 5.41) is 2.40. The van der Waals surface area contributed by atoms with E-state index >= 15 is 0 Å². The number of halogens is 1. The smallest absolute Gasteiger partial charge is 0.337 e. The number of ether oxygens (including phenoxy) is 1. The number of rotatable bonds is 2. The quantitative estimate of drug-likeness (QED) is 0.805. The molecule has 0 aromatic heterocycles. The van der Waals surface area contributed by atoms with Crippen molar-refractivity contribution in [2.75, 3.05) is 12.4 Å². The molecule has 0 atom stereocenters. The lowest BCUT2D eigenvalue weighted by Gasteiger charge is -2.06. The molecule has 0 saturated carbocycles. The van der Waals surface area contributed by atoms with E-state index in [4.69, 9.17) is 5.73 Å². The Morgan fingerprint density at radius 2 is 2.13 bits per heavy atom. The summed E-state index contributed by atoms with van der Waals surface area (Å²) < 4.78 is 5.10. The summed E-state index contributed by atoms with van der Waals surface area (Å²) in [6.45, 7) is 0. The first-order valence-corrected chi connectivity index (χ1v) is 4.78. The van der Waals surface area contributed by atoms with Gasteiger partial charge in [0.25, 0.3) is 0 Å². The number of nitrogens with two attached hydrogens (primary N) is 1. The molecule has 0 unspecified atom stereocenters. The van der Waals surface area contributed by atoms with Gasteiger partial charge >= 0.3 is 12.0 Å². The van der Waals surface area contributed by atoms with Crippen LogP contribution in [0.1, 0.15) is 10.4 Å². The van der Waals surface area contributed by atoms with Crippen molar-refractivity contribution in [1.29, 1.82) is 0 Å². The number of benzene rings is 1. The van der Waals surface area contributed by atoms with Crippen molar-refractivity contribution in [2.45, 2.75) is 0 Å². The number of urea groups is 1. The van der Waals surface area contributed by atoms with Crippen molar-refractivity contribution in [1.82, 2.24) is 0 Å². The van der Waals surface area contributed by atoms with Gasteiger partial charge in [0.2, 0.25) is 0 Å². The van der Waals surface area contributed by atoms with Gasteiger partial charge in [-0.25, -0.2) is 9.59 Å². The molecule has 80 valence electrons. The zero-order valence-corrected chi connectivity index (χ0v) is 9.50. The second-order valence-electron chi connectivity index (χ2n) is 2.68. The molecule has 0 aliphatic carbocycles. The highest BCUT2D eigenvalue weighted by Crippen LogP contribution is 2.23. The van der Waals surface area contributed by atoms with Crippen LogP contribution in [0.5, 0.6) is 0 Å². The Balaban J connectivity index is 2.97. The van der Waals surface area contributed by atoms with Gasteiger partial charge in [-0.3, -0.25) is 0 Å². The molecule has 3 N–H and O–H groups in total. The molecule has 1 aromatic rings. The fraction of sp³-hybridized carbons (Fsp3) is 0.111. The van der Waals surface area contributed by atoms with Gasteiger partial charge in [-0.05, 0) is 34.1 Å². The lowest BCUT2D eigenvalue weighted by molar-refractivity contribution is 0.0600. The maximum absolute atomic E-state index is 11.1. The predicted octanol–water partition coefficient (Wildman–Crippen LogP) is 1.73. The number of nitrogens with one attached hydrogen (secondary N) is 1. The monoisotopic (exact) mass is 272 g/mol. The molecular weight excluding hydrogens is 264 g/mol. The largest absolute Gasteiger partial charge is 0.465 e. The fourth-order valence-electron chi connectivity index (χ4n) is 0.994. The number of methoxy groups -OCH3 is 1. The van der Waals surface area contributed by atoms with Crippen LogP contribution < -0.4 is 11.1 Å². The minimum Gasteiger partial charge on any atom is -0.465 e. The number of esters is 1. The van der Waals surface area contributed by atoms with Crippen LogP contribution >= 0.6 is 15.9 Å². The molecule has 0 fully saturated rings. The Bertz CT molecular complexity index is 406. The molecule has 0 saturated heterocycles. The predicted molar refractivity (Wildman–Crippen MR) is 58.7 cm³/mol. The third-order valence-corrected chi connectivity index (χ3v) is 2.30. The fourth-order valence-corrected chi connectivity index (χ4v) is 1.47. The molecule has 0 heterocycles. The highest BCUT2D eigenvalue weighted by Gasteiger charge is 2.08. The van der Waals surface area contributed by atoms with Crippen LogP contribution in [0.2, 0.25) is 0 Å². The third-order valence-electron chi connectivity index (χ3n) is 1.65. The minimum atomic E-state index is -0.665. The molecule has 0 aliphatic rings. The molecule has 1 rings (SSSR count). The summed E-state index contributed by atoms with van der Waals surface area (Å²) in [6.07, 6.45) is 0. The van der Waals surface area contributed by atoms with Crippen LogP contribution in [0.4, 0.5) is 10.5 Å². The highest BCUT2D eigenvalue weighted by atomic mass is 79.9. The standard InChI is InChI=1S/C9H9BrN2O3/c1-15-8(13)5-2-3-7(6(10)4-5)12-9(11)14/h2-4H,1H3,(H3,11,12,14). The van der Waals surface area contributed by atoms with E-state index in [0.29, 0.717) is 15.7 Å². The van der Waals surface area contributed by atoms with Crippen LogP contribution in [0, 0.1) is 0 Å². The van der Waals surface area contributed by atoms with Gasteiger partial charge < -0.3 is 15.8 Å². The highest BCUT2D eigenvalue weighted by molar-refractivity contribution is 9.10. The van der Waals surface area contributed by atoms with Crippen LogP contribution in [0.3, 0.4) is 0 Å². The normalized spacial score (nSPS) is 9.47. The maximum Gasteiger partial charge on any atom is 0.337 e. The molecule has 6 heteroatoms. The van der Waals surface area contributed by atoms with E-state index in [-0.39, 0.29) is 0 Å². The van der Waals surface area contributed by atoms with E-state index in [9.17, 15) is 9.59 Å². The average Bonchev–Trinajstić information content (AvgIpc) is 2.19. The number of hydrogen-bond acceptors (Lipinski definition) is 3. The average molecular weight is 273 g/mol. The summed E-state index contributed by atoms with van der Waals surface area (Å²) in [6, 6.07) is 3.96. The molecule has 0 radical (unpaired) electrons. The van der Waals surface area contributed by atoms with Crippen molar-refractivity contribution >= 4 is 33.6 Å². The van der Waals surface area contributed by atoms with Gasteiger partial charge in [0.15, 0.2) is 0 Å². The topological polar surface area (TPSA) is 81.4 Å². The van der Waals surface area contributed by atoms with E-state index in [1.54, 1.807) is 6.07 Å². The van der Waals surface area contributed by atoms with Crippen molar-refractivity contribution < 1.29 is 14.3 Å². The first-order valence-electron chi connectivity index (χ1n) is 3.99. The Morgan fingerprint density at radius 3 is 2.60 bits per heavy atom. The number of carbonyl (C=O) groups is 2. The zero-order valence-electron chi connectivity index (χ0n) is 7.91. The molecule has 2 amide bonds. The third kappa shape index (κ3) is 2.95. The van der Waals surface area contributed by atoms with E-state index in [0.717, 1.165) is 0 Å². The SMILES string of the molecule is COC(=O)c1ccc(NC(N)=O)c(Br)c1. The van der Waals surface area contributed by atoms with Crippen LogP contribution in [0.15, 0.2) is 22.7 Å². The van der Waals surface area contributed by atoms with Crippen molar-refractivity contribution in [2.24, 2.45) is 5.73 Å². The number of carbonyl (C=O) groups excluding carboxylic acids is 2. The molecule has 0 bridgehead atoms. The Kier molecular flexibility index (Phi) is 3.68. The summed E-state index contributed by atoms with van der Waals surface area (Å²) in [5.74, 6) is -0.443. The molecule has 15 heavy (non-hydrogen) atoms. The summed E-state index contributed by atoms with van der Waals surface area (Å²) >= 11 is 3.20. The van der Waals surface area contributed by atoms with E-state index in [1.165, 1.54) is 19.2 Å². The second-order valence-corrected chi connectivity index (χ2v) is 3.53. The van der Waals surface area contributed by atoms with Gasteiger partial charge in [-0.2, -0.15) is 0 Å². The second kappa shape index (κ2) is 4.79. The van der Waals surface area contributed by atoms with E-state index < -0.39 is 12.0 Å². The lowest BCUT2D eigenvalue weighted by Crippen LogP contribution is -2.19. The molecular formula is C9H9BrN2O3. The van der Waals surface area contributed by atoms with E-state index in [2.05, 4.69) is 26.0 Å². The molecule has 5 nitrogen and oxygen atoms in total. The van der Waals surface area contributed by atoms with Crippen molar-refractivity contribution in [3.8, 4) is 0 Å². The Labute approximate surface area is 94.7 Å². The number of hydrogen-bond donors (Lipinski definition) is 2. The Hall–Kier alpha value is -1.56. The number of amides is 2. The van der Waals surface area contributed by atoms with Gasteiger partial charge in [0, 0.05) is 4.47 Å². The van der Waals surface area contributed by atoms with Crippen LogP contribution in [0.25, 0.3) is 0 Å². The summed E-state index contributed by atoms with van der Waals surface area (Å²) in [7, 11) is 1.30. The summed E-state index contributed by atoms with van der Waals surface area (Å²) in [4.78, 5) is 21.7. The van der Waals surface area contributed by atoms with Gasteiger partial charge in [0.05, 0.1) is 18.4 Å². The first kappa shape index (κ1) is 11.5. The molecule has 0 aliphatic heterocycles. The van der Waals surface area contributed by atoms with Gasteiger partial charge in [-0.15, -0.1) is 0 Å². The van der Waals surface area contributed by atoms with Crippen molar-refractivity contribution in [3.05, 3.63) is 28.2 Å². The van der Waals surface area contributed by atoms with Crippen LogP contribution in [-0.4, -0.2) is 19.1 Å². The van der Waals surface area contributed by atoms with Crippen LogP contribution in [-0.2, 0) is 4.74 Å². The maximum atomic E-state index is 11.1. The number of anilines is 1.